The molecule has 0 aliphatic rings. The average Bonchev–Trinajstić information content (AvgIpc) is 2.39. The third kappa shape index (κ3) is 208. The zero-order chi connectivity index (χ0) is 13.7. The Bertz CT molecular complexity index is 99.6. The normalized spacial score (nSPS) is 6.56. The predicted octanol–water partition coefficient (Wildman–Crippen LogP) is 1.74. The Morgan fingerprint density at radius 3 is 1.19 bits per heavy atom. The van der Waals surface area contributed by atoms with Crippen molar-refractivity contribution in [2.75, 3.05) is 13.2 Å². The van der Waals surface area contributed by atoms with Crippen LogP contribution in [0.4, 0.5) is 0 Å². The van der Waals surface area contributed by atoms with Gasteiger partial charge in [0.2, 0.25) is 0 Å². The summed E-state index contributed by atoms with van der Waals surface area (Å²) in [6.07, 6.45) is 5.10. The number of carbonyl (C=O) groups is 2. The van der Waals surface area contributed by atoms with E-state index in [1.165, 1.54) is 6.08 Å². The van der Waals surface area contributed by atoms with Gasteiger partial charge in [0.15, 0.2) is 0 Å². The molecular weight excluding hydrogens is 208 g/mol. The van der Waals surface area contributed by atoms with Gasteiger partial charge in [-0.2, -0.15) is 0 Å². The summed E-state index contributed by atoms with van der Waals surface area (Å²) in [5.74, 6) is 0. The van der Waals surface area contributed by atoms with Crippen LogP contribution in [0.1, 0.15) is 40.0 Å². The molecule has 0 aromatic rings. The molecule has 0 radical (unpaired) electrons. The van der Waals surface area contributed by atoms with Crippen LogP contribution in [0.5, 0.6) is 0 Å². The molecule has 98 valence electrons. The number of rotatable bonds is 4. The molecule has 0 saturated heterocycles. The smallest absolute Gasteiger partial charge is 0.142 e. The van der Waals surface area contributed by atoms with Crippen LogP contribution in [-0.4, -0.2) is 36.0 Å². The van der Waals surface area contributed by atoms with Crippen LogP contribution in [0.3, 0.4) is 0 Å². The van der Waals surface area contributed by atoms with E-state index in [1.807, 2.05) is 20.8 Å². The van der Waals surface area contributed by atoms with Crippen LogP contribution in [0.2, 0.25) is 0 Å². The van der Waals surface area contributed by atoms with Crippen molar-refractivity contribution in [2.24, 2.45) is 0 Å². The Balaban J connectivity index is -0.0000000600. The summed E-state index contributed by atoms with van der Waals surface area (Å²) >= 11 is 0. The molecule has 4 heteroatoms. The summed E-state index contributed by atoms with van der Waals surface area (Å²) < 4.78 is 0. The summed E-state index contributed by atoms with van der Waals surface area (Å²) in [5.41, 5.74) is 0. The highest BCUT2D eigenvalue weighted by Gasteiger charge is 1.57. The maximum absolute atomic E-state index is 9.17. The minimum atomic E-state index is 0.319. The number of aliphatic hydroxyl groups is 2. The molecule has 0 unspecified atom stereocenters. The lowest BCUT2D eigenvalue weighted by Gasteiger charge is -1.69. The molecule has 0 aromatic heterocycles. The van der Waals surface area contributed by atoms with Crippen LogP contribution in [0.25, 0.3) is 0 Å². The van der Waals surface area contributed by atoms with Crippen molar-refractivity contribution in [3.8, 4) is 0 Å². The van der Waals surface area contributed by atoms with Gasteiger partial charge in [0, 0.05) is 19.6 Å². The van der Waals surface area contributed by atoms with Gasteiger partial charge < -0.3 is 15.0 Å². The Hall–Kier alpha value is -1.00. The van der Waals surface area contributed by atoms with Gasteiger partial charge in [-0.3, -0.25) is 4.79 Å². The van der Waals surface area contributed by atoms with Crippen LogP contribution >= 0.6 is 0 Å². The lowest BCUT2D eigenvalue weighted by Crippen LogP contribution is -1.69. The molecule has 2 N–H and O–H groups in total. The third-order valence-corrected chi connectivity index (χ3v) is 0.710. The fourth-order valence-electron chi connectivity index (χ4n) is 0. The van der Waals surface area contributed by atoms with Gasteiger partial charge in [0.1, 0.15) is 12.6 Å². The zero-order valence-electron chi connectivity index (χ0n) is 10.7. The van der Waals surface area contributed by atoms with Crippen molar-refractivity contribution in [1.29, 1.82) is 0 Å². The second kappa shape index (κ2) is 48.3. The van der Waals surface area contributed by atoms with E-state index < -0.39 is 0 Å². The fourth-order valence-corrected chi connectivity index (χ4v) is 0. The van der Waals surface area contributed by atoms with Crippen LogP contribution in [0, 0.1) is 0 Å². The number of allylic oxidation sites excluding steroid dienone is 1. The molecule has 0 fully saturated rings. The standard InChI is InChI=1S/2C3H8O.C3H6O.C3H4O/c4*1-2-3-4/h2*4H,2-3H2,1H3;3H,2H2,1H3;2-3H,1H2. The van der Waals surface area contributed by atoms with Crippen molar-refractivity contribution in [1.82, 2.24) is 0 Å². The van der Waals surface area contributed by atoms with Crippen molar-refractivity contribution in [3.05, 3.63) is 12.7 Å². The summed E-state index contributed by atoms with van der Waals surface area (Å²) in [6, 6.07) is 0. The number of aliphatic hydroxyl groups excluding tert-OH is 2. The molecule has 0 aromatic carbocycles. The predicted molar refractivity (Wildman–Crippen MR) is 67.4 cm³/mol. The fraction of sp³-hybridized carbons (Fsp3) is 0.667. The van der Waals surface area contributed by atoms with Crippen molar-refractivity contribution in [3.63, 3.8) is 0 Å². The van der Waals surface area contributed by atoms with Gasteiger partial charge in [-0.1, -0.05) is 27.4 Å². The van der Waals surface area contributed by atoms with Crippen LogP contribution in [-0.2, 0) is 9.59 Å². The van der Waals surface area contributed by atoms with Gasteiger partial charge >= 0.3 is 0 Å². The van der Waals surface area contributed by atoms with Crippen LogP contribution in [0.15, 0.2) is 12.7 Å². The highest BCUT2D eigenvalue weighted by molar-refractivity contribution is 5.63. The van der Waals surface area contributed by atoms with Gasteiger partial charge in [-0.05, 0) is 18.9 Å². The Morgan fingerprint density at radius 2 is 1.19 bits per heavy atom. The lowest BCUT2D eigenvalue weighted by molar-refractivity contribution is -0.107. The van der Waals surface area contributed by atoms with E-state index in [-0.39, 0.29) is 0 Å². The SMILES string of the molecule is C=CC=O.CCC=O.CCCO.CCCO. The summed E-state index contributed by atoms with van der Waals surface area (Å²) in [5, 5.41) is 15.8. The summed E-state index contributed by atoms with van der Waals surface area (Å²) in [7, 11) is 0. The zero-order valence-corrected chi connectivity index (χ0v) is 10.7. The first-order chi connectivity index (χ1) is 7.66. The van der Waals surface area contributed by atoms with Gasteiger partial charge in [-0.25, -0.2) is 0 Å². The monoisotopic (exact) mass is 234 g/mol. The lowest BCUT2D eigenvalue weighted by atomic mass is 10.5. The molecule has 0 amide bonds. The Morgan fingerprint density at radius 1 is 1.00 bits per heavy atom. The first kappa shape index (κ1) is 24.3. The average molecular weight is 234 g/mol. The highest BCUT2D eigenvalue weighted by Crippen LogP contribution is 1.61. The van der Waals surface area contributed by atoms with E-state index >= 15 is 0 Å². The molecule has 4 nitrogen and oxygen atoms in total. The second-order valence-corrected chi connectivity index (χ2v) is 2.39. The first-order valence-electron chi connectivity index (χ1n) is 5.38. The minimum Gasteiger partial charge on any atom is -0.396 e. The molecule has 0 aliphatic carbocycles. The third-order valence-electron chi connectivity index (χ3n) is 0.710. The molecule has 0 saturated carbocycles. The molecule has 0 aliphatic heterocycles. The van der Waals surface area contributed by atoms with Crippen LogP contribution < -0.4 is 0 Å². The largest absolute Gasteiger partial charge is 0.396 e. The van der Waals surface area contributed by atoms with Crippen molar-refractivity contribution < 1.29 is 19.8 Å². The second-order valence-electron chi connectivity index (χ2n) is 2.39. The molecular formula is C12H26O4. The summed E-state index contributed by atoms with van der Waals surface area (Å²) in [4.78, 5) is 18.2. The van der Waals surface area contributed by atoms with E-state index in [0.717, 1.165) is 19.1 Å². The van der Waals surface area contributed by atoms with E-state index in [4.69, 9.17) is 15.0 Å². The number of hydrogen-bond acceptors (Lipinski definition) is 4. The van der Waals surface area contributed by atoms with Crippen molar-refractivity contribution >= 4 is 12.6 Å². The molecule has 0 heterocycles. The Labute approximate surface area is 99.0 Å². The van der Waals surface area contributed by atoms with Gasteiger partial charge in [0.25, 0.3) is 0 Å². The van der Waals surface area contributed by atoms with Gasteiger partial charge in [0.05, 0.1) is 0 Å². The molecule has 16 heavy (non-hydrogen) atoms. The number of hydrogen-bond donors (Lipinski definition) is 2. The Kier molecular flexibility index (Phi) is 73.3. The molecule has 0 spiro atoms. The van der Waals surface area contributed by atoms with E-state index in [9.17, 15) is 4.79 Å². The molecule has 0 atom stereocenters. The van der Waals surface area contributed by atoms with E-state index in [0.29, 0.717) is 25.9 Å². The minimum absolute atomic E-state index is 0.319. The first-order valence-corrected chi connectivity index (χ1v) is 5.38. The maximum Gasteiger partial charge on any atom is 0.142 e. The van der Waals surface area contributed by atoms with Gasteiger partial charge in [-0.15, -0.1) is 0 Å². The molecule has 0 rings (SSSR count). The van der Waals surface area contributed by atoms with E-state index in [2.05, 4.69) is 6.58 Å². The molecule has 0 bridgehead atoms. The number of aldehydes is 2. The number of carbonyl (C=O) groups excluding carboxylic acids is 2. The van der Waals surface area contributed by atoms with Crippen molar-refractivity contribution in [2.45, 2.75) is 40.0 Å². The topological polar surface area (TPSA) is 74.6 Å². The quantitative estimate of drug-likeness (QED) is 0.574. The van der Waals surface area contributed by atoms with E-state index in [1.54, 1.807) is 0 Å². The highest BCUT2D eigenvalue weighted by atomic mass is 16.3. The summed E-state index contributed by atoms with van der Waals surface area (Å²) in [6.45, 7) is 9.42. The maximum atomic E-state index is 9.17.